The van der Waals surface area contributed by atoms with Crippen LogP contribution in [0.2, 0.25) is 0 Å². The molecule has 0 aromatic carbocycles. The van der Waals surface area contributed by atoms with Crippen LogP contribution < -0.4 is 0 Å². The molecule has 7 nitrogen and oxygen atoms in total. The third-order valence-electron chi connectivity index (χ3n) is 2.44. The Bertz CT molecular complexity index is 896. The van der Waals surface area contributed by atoms with E-state index in [4.69, 9.17) is 0 Å². The molecule has 0 aromatic heterocycles. The summed E-state index contributed by atoms with van der Waals surface area (Å²) in [4.78, 5) is 10.1. The minimum absolute atomic E-state index is 1.37. The second-order valence-corrected chi connectivity index (χ2v) is 7.31. The zero-order chi connectivity index (χ0) is 25.0. The van der Waals surface area contributed by atoms with E-state index in [1.165, 1.54) is 9.47 Å². The lowest BCUT2D eigenvalue weighted by Crippen LogP contribution is -2.63. The molecule has 1 unspecified atom stereocenters. The fraction of sp³-hybridized carbons (Fsp3) is 0.857. The first-order chi connectivity index (χ1) is 12.6. The maximum atomic E-state index is 13.5. The Morgan fingerprint density at radius 3 is 1.07 bits per heavy atom. The van der Waals surface area contributed by atoms with Gasteiger partial charge in [0.25, 0.3) is 0 Å². The highest BCUT2D eigenvalue weighted by Gasteiger charge is 2.80. The molecule has 0 N–H and O–H groups in total. The Kier molecular flexibility index (Phi) is 6.92. The Morgan fingerprint density at radius 2 is 0.833 bits per heavy atom. The van der Waals surface area contributed by atoms with Crippen molar-refractivity contribution >= 4 is 26.5 Å². The lowest BCUT2D eigenvalue weighted by Gasteiger charge is -2.35. The Morgan fingerprint density at radius 1 is 0.567 bits per heavy atom. The zero-order valence-corrected chi connectivity index (χ0v) is 14.1. The van der Waals surface area contributed by atoms with E-state index in [9.17, 15) is 82.1 Å². The van der Waals surface area contributed by atoms with Gasteiger partial charge in [0, 0.05) is 0 Å². The van der Waals surface area contributed by atoms with Gasteiger partial charge in [0.2, 0.25) is 0 Å². The van der Waals surface area contributed by atoms with Crippen LogP contribution in [0.1, 0.15) is 0 Å². The van der Waals surface area contributed by atoms with Gasteiger partial charge in [-0.1, -0.05) is 7.77 Å². The molecule has 0 amide bonds. The Hall–Kier alpha value is -1.49. The maximum Gasteiger partial charge on any atom is 0.464 e. The first-order valence-corrected chi connectivity index (χ1v) is 8.44. The average molecular weight is 526 g/mol. The van der Waals surface area contributed by atoms with Gasteiger partial charge in [-0.3, -0.25) is 9.53 Å². The fourth-order valence-corrected chi connectivity index (χ4v) is 1.67. The summed E-state index contributed by atoms with van der Waals surface area (Å²) >= 11 is 0. The summed E-state index contributed by atoms with van der Waals surface area (Å²) in [6.07, 6.45) is -22.8. The standard InChI is InChI=1S/C7F14O7S2/c8-1(22)2(9,27-4(12,13)6(16,17)29(20,23)24)3(10,11)28-5(14,15)7(18,19)30(21,25)26. The number of carbonyl (C=O) groups excluding carboxylic acids is 1. The predicted octanol–water partition coefficient (Wildman–Crippen LogP) is 2.74. The highest BCUT2D eigenvalue weighted by Crippen LogP contribution is 2.51. The van der Waals surface area contributed by atoms with Crippen LogP contribution in [-0.4, -0.2) is 57.6 Å². The van der Waals surface area contributed by atoms with Gasteiger partial charge < -0.3 is 0 Å². The van der Waals surface area contributed by atoms with Crippen molar-refractivity contribution in [2.24, 2.45) is 0 Å². The predicted molar refractivity (Wildman–Crippen MR) is 56.9 cm³/mol. The summed E-state index contributed by atoms with van der Waals surface area (Å²) in [5.41, 5.74) is 0. The van der Waals surface area contributed by atoms with E-state index < -0.39 is 61.2 Å². The van der Waals surface area contributed by atoms with Gasteiger partial charge in [0.05, 0.1) is 0 Å². The number of ether oxygens (including phenoxy) is 2. The molecule has 0 heterocycles. The van der Waals surface area contributed by atoms with Crippen LogP contribution >= 0.6 is 0 Å². The summed E-state index contributed by atoms with van der Waals surface area (Å²) in [5.74, 6) is -7.40. The summed E-state index contributed by atoms with van der Waals surface area (Å²) in [6, 6.07) is -4.89. The van der Waals surface area contributed by atoms with Gasteiger partial charge in [-0.15, -0.1) is 0 Å². The third kappa shape index (κ3) is 4.56. The topological polar surface area (TPSA) is 104 Å². The van der Waals surface area contributed by atoms with Crippen molar-refractivity contribution in [3.8, 4) is 0 Å². The van der Waals surface area contributed by atoms with E-state index in [1.54, 1.807) is 0 Å². The number of hydrogen-bond acceptors (Lipinski definition) is 7. The van der Waals surface area contributed by atoms with Crippen LogP contribution in [0, 0.1) is 0 Å². The molecule has 180 valence electrons. The first-order valence-electron chi connectivity index (χ1n) is 5.67. The second kappa shape index (κ2) is 7.29. The molecule has 0 aliphatic carbocycles. The van der Waals surface area contributed by atoms with Gasteiger partial charge in [-0.05, 0) is 0 Å². The van der Waals surface area contributed by atoms with Gasteiger partial charge in [-0.25, -0.2) is 4.74 Å². The van der Waals surface area contributed by atoms with Gasteiger partial charge in [0.15, 0.2) is 0 Å². The molecule has 0 radical (unpaired) electrons. The maximum absolute atomic E-state index is 13.5. The summed E-state index contributed by atoms with van der Waals surface area (Å²) < 4.78 is 221. The number of halogens is 14. The molecule has 23 heteroatoms. The minimum Gasteiger partial charge on any atom is -0.261 e. The number of rotatable bonds is 10. The molecular formula is C7F14O7S2. The van der Waals surface area contributed by atoms with Crippen LogP contribution in [0.3, 0.4) is 0 Å². The van der Waals surface area contributed by atoms with E-state index >= 15 is 0 Å². The summed E-state index contributed by atoms with van der Waals surface area (Å²) in [6.45, 7) is 0. The molecule has 30 heavy (non-hydrogen) atoms. The monoisotopic (exact) mass is 526 g/mol. The molecule has 0 fully saturated rings. The molecule has 0 spiro atoms. The van der Waals surface area contributed by atoms with Crippen LogP contribution in [0.25, 0.3) is 0 Å². The number of hydrogen-bond donors (Lipinski definition) is 0. The van der Waals surface area contributed by atoms with Crippen LogP contribution in [-0.2, 0) is 34.7 Å². The highest BCUT2D eigenvalue weighted by molar-refractivity contribution is 7.87. The smallest absolute Gasteiger partial charge is 0.261 e. The van der Waals surface area contributed by atoms with Gasteiger partial charge >= 0.3 is 61.2 Å². The number of alkyl halides is 11. The summed E-state index contributed by atoms with van der Waals surface area (Å²) in [7, 11) is -15.9. The molecule has 0 aliphatic heterocycles. The van der Waals surface area contributed by atoms with Crippen molar-refractivity contribution in [1.82, 2.24) is 0 Å². The minimum atomic E-state index is -7.97. The fourth-order valence-electron chi connectivity index (χ4n) is 1.02. The molecule has 1 atom stereocenters. The third-order valence-corrected chi connectivity index (χ3v) is 4.14. The highest BCUT2D eigenvalue weighted by atomic mass is 32.3. The second-order valence-electron chi connectivity index (χ2n) is 4.53. The van der Waals surface area contributed by atoms with Crippen molar-refractivity contribution < 1.29 is 91.6 Å². The average Bonchev–Trinajstić information content (AvgIpc) is 2.42. The lowest BCUT2D eigenvalue weighted by atomic mass is 10.3. The van der Waals surface area contributed by atoms with Crippen molar-refractivity contribution in [2.75, 3.05) is 0 Å². The first kappa shape index (κ1) is 28.5. The van der Waals surface area contributed by atoms with E-state index in [-0.39, 0.29) is 0 Å². The summed E-state index contributed by atoms with van der Waals surface area (Å²) in [5, 5.41) is -14.9. The van der Waals surface area contributed by atoms with Crippen molar-refractivity contribution in [3.63, 3.8) is 0 Å². The lowest BCUT2D eigenvalue weighted by molar-refractivity contribution is -0.492. The van der Waals surface area contributed by atoms with Gasteiger partial charge in [0.1, 0.15) is 0 Å². The van der Waals surface area contributed by atoms with Crippen LogP contribution in [0.4, 0.5) is 60.5 Å². The largest absolute Gasteiger partial charge is 0.464 e. The van der Waals surface area contributed by atoms with Crippen molar-refractivity contribution in [3.05, 3.63) is 0 Å². The molecule has 0 bridgehead atoms. The Labute approximate surface area is 153 Å². The van der Waals surface area contributed by atoms with E-state index in [0.29, 0.717) is 0 Å². The quantitative estimate of drug-likeness (QED) is 0.319. The van der Waals surface area contributed by atoms with E-state index in [2.05, 4.69) is 0 Å². The van der Waals surface area contributed by atoms with Crippen LogP contribution in [0.15, 0.2) is 0 Å². The molecular weight excluding hydrogens is 526 g/mol. The SMILES string of the molecule is O=C(F)C(F)(OC(F)(F)C(F)(F)S(=O)(=O)F)C(F)(F)OC(F)(F)C(F)(F)S(=O)(=O)F. The molecule has 0 saturated carbocycles. The van der Waals surface area contributed by atoms with Crippen LogP contribution in [0.5, 0.6) is 0 Å². The van der Waals surface area contributed by atoms with Crippen molar-refractivity contribution in [2.45, 2.75) is 34.7 Å². The molecule has 0 saturated heterocycles. The molecule has 0 aromatic rings. The zero-order valence-electron chi connectivity index (χ0n) is 12.5. The molecule has 0 rings (SSSR count). The van der Waals surface area contributed by atoms with E-state index in [1.807, 2.05) is 0 Å². The van der Waals surface area contributed by atoms with Gasteiger partial charge in [-0.2, -0.15) is 69.5 Å². The normalized spacial score (nSPS) is 17.5. The van der Waals surface area contributed by atoms with E-state index in [0.717, 1.165) is 0 Å². The Balaban J connectivity index is 6.49. The van der Waals surface area contributed by atoms with Crippen molar-refractivity contribution in [1.29, 1.82) is 0 Å². The number of carbonyl (C=O) groups is 1. The molecule has 0 aliphatic rings.